The van der Waals surface area contributed by atoms with Gasteiger partial charge in [0.05, 0.1) is 25.9 Å². The summed E-state index contributed by atoms with van der Waals surface area (Å²) in [6.07, 6.45) is 0. The molecular weight excluding hydrogens is 378 g/mol. The number of benzene rings is 2. The molecule has 7 heteroatoms. The highest BCUT2D eigenvalue weighted by Crippen LogP contribution is 2.27. The molecule has 0 aliphatic rings. The number of carbonyl (C=O) groups is 2. The van der Waals surface area contributed by atoms with Crippen molar-refractivity contribution in [3.05, 3.63) is 59.1 Å². The quantitative estimate of drug-likeness (QED) is 0.707. The van der Waals surface area contributed by atoms with Gasteiger partial charge in [0.25, 0.3) is 11.8 Å². The molecule has 0 aliphatic heterocycles. The van der Waals surface area contributed by atoms with Crippen molar-refractivity contribution in [2.45, 2.75) is 13.0 Å². The molecule has 2 aromatic carbocycles. The highest BCUT2D eigenvalue weighted by atomic mass is 35.5. The van der Waals surface area contributed by atoms with E-state index in [2.05, 4.69) is 5.32 Å². The van der Waals surface area contributed by atoms with Gasteiger partial charge in [-0.1, -0.05) is 41.9 Å². The lowest BCUT2D eigenvalue weighted by atomic mass is 10.1. The summed E-state index contributed by atoms with van der Waals surface area (Å²) in [6.45, 7) is 2.35. The van der Waals surface area contributed by atoms with Crippen LogP contribution < -0.4 is 15.0 Å². The molecule has 0 heterocycles. The number of amides is 2. The molecule has 2 amide bonds. The molecule has 2 N–H and O–H groups in total. The zero-order chi connectivity index (χ0) is 20.7. The molecule has 0 saturated heterocycles. The molecule has 2 rings (SSSR count). The van der Waals surface area contributed by atoms with E-state index in [0.29, 0.717) is 16.5 Å². The minimum Gasteiger partial charge on any atom is -0.495 e. The summed E-state index contributed by atoms with van der Waals surface area (Å²) in [5, 5.41) is 3.29. The van der Waals surface area contributed by atoms with Crippen LogP contribution in [0.1, 0.15) is 18.5 Å². The predicted octanol–water partition coefficient (Wildman–Crippen LogP) is 2.02. The molecule has 0 aromatic heterocycles. The molecule has 0 bridgehead atoms. The minimum atomic E-state index is -0.218. The molecule has 2 atom stereocenters. The predicted molar refractivity (Wildman–Crippen MR) is 111 cm³/mol. The first-order valence-electron chi connectivity index (χ1n) is 9.07. The van der Waals surface area contributed by atoms with E-state index in [-0.39, 0.29) is 30.9 Å². The number of nitrogens with one attached hydrogen (secondary N) is 2. The van der Waals surface area contributed by atoms with Crippen molar-refractivity contribution in [2.75, 3.05) is 39.6 Å². The van der Waals surface area contributed by atoms with E-state index in [1.54, 1.807) is 30.1 Å². The van der Waals surface area contributed by atoms with Crippen LogP contribution >= 0.6 is 11.6 Å². The van der Waals surface area contributed by atoms with Crippen molar-refractivity contribution in [3.63, 3.8) is 0 Å². The maximum Gasteiger partial charge on any atom is 0.279 e. The third-order valence-corrected chi connectivity index (χ3v) is 4.84. The van der Waals surface area contributed by atoms with Gasteiger partial charge in [-0.25, -0.2) is 0 Å². The third kappa shape index (κ3) is 5.97. The fourth-order valence-electron chi connectivity index (χ4n) is 2.86. The van der Waals surface area contributed by atoms with Crippen LogP contribution in [0.3, 0.4) is 0 Å². The van der Waals surface area contributed by atoms with Gasteiger partial charge in [0.15, 0.2) is 13.1 Å². The van der Waals surface area contributed by atoms with Gasteiger partial charge < -0.3 is 19.9 Å². The first-order chi connectivity index (χ1) is 13.3. The summed E-state index contributed by atoms with van der Waals surface area (Å²) >= 11 is 5.98. The Morgan fingerprint density at radius 3 is 2.50 bits per heavy atom. The third-order valence-electron chi connectivity index (χ3n) is 4.61. The van der Waals surface area contributed by atoms with E-state index < -0.39 is 0 Å². The summed E-state index contributed by atoms with van der Waals surface area (Å²) in [5.74, 6) is 0.287. The molecule has 0 radical (unpaired) electrons. The summed E-state index contributed by atoms with van der Waals surface area (Å²) < 4.78 is 5.23. The second-order valence-electron chi connectivity index (χ2n) is 6.79. The summed E-state index contributed by atoms with van der Waals surface area (Å²) in [4.78, 5) is 27.4. The summed E-state index contributed by atoms with van der Waals surface area (Å²) in [7, 11) is 5.12. The van der Waals surface area contributed by atoms with Crippen LogP contribution in [0.2, 0.25) is 5.02 Å². The van der Waals surface area contributed by atoms with Crippen LogP contribution in [0, 0.1) is 0 Å². The lowest BCUT2D eigenvalue weighted by Crippen LogP contribution is -3.11. The van der Waals surface area contributed by atoms with Crippen LogP contribution in [-0.4, -0.2) is 51.0 Å². The van der Waals surface area contributed by atoms with E-state index in [1.807, 2.05) is 44.3 Å². The number of rotatable bonds is 8. The molecule has 0 aliphatic carbocycles. The first kappa shape index (κ1) is 21.7. The van der Waals surface area contributed by atoms with Gasteiger partial charge in [-0.05, 0) is 30.7 Å². The van der Waals surface area contributed by atoms with Gasteiger partial charge in [0, 0.05) is 12.1 Å². The van der Waals surface area contributed by atoms with E-state index in [4.69, 9.17) is 16.3 Å². The molecule has 150 valence electrons. The average Bonchev–Trinajstić information content (AvgIpc) is 2.67. The molecular formula is C21H27ClN3O3+. The highest BCUT2D eigenvalue weighted by molar-refractivity contribution is 6.31. The van der Waals surface area contributed by atoms with Crippen LogP contribution in [0.15, 0.2) is 48.5 Å². The van der Waals surface area contributed by atoms with Crippen LogP contribution in [0.5, 0.6) is 5.75 Å². The van der Waals surface area contributed by atoms with Gasteiger partial charge in [0.1, 0.15) is 5.75 Å². The Balaban J connectivity index is 1.90. The first-order valence-corrected chi connectivity index (χ1v) is 9.45. The number of quaternary nitrogens is 1. The smallest absolute Gasteiger partial charge is 0.279 e. The van der Waals surface area contributed by atoms with Gasteiger partial charge >= 0.3 is 0 Å². The number of methoxy groups -OCH3 is 1. The molecule has 28 heavy (non-hydrogen) atoms. The van der Waals surface area contributed by atoms with Crippen molar-refractivity contribution in [1.29, 1.82) is 0 Å². The normalized spacial score (nSPS) is 12.8. The fourth-order valence-corrected chi connectivity index (χ4v) is 3.03. The van der Waals surface area contributed by atoms with Crippen molar-refractivity contribution < 1.29 is 19.2 Å². The van der Waals surface area contributed by atoms with Gasteiger partial charge in [-0.2, -0.15) is 0 Å². The molecule has 1 unspecified atom stereocenters. The standard InChI is InChI=1S/C21H26ClN3O3/c1-15(16-8-6-5-7-9-16)25(3)21(27)14-24(2)13-20(26)23-18-12-17(22)10-11-19(18)28-4/h5-12,15H,13-14H2,1-4H3,(H,23,26)/p+1/t15-/m1/s1. The topological polar surface area (TPSA) is 63.1 Å². The lowest BCUT2D eigenvalue weighted by molar-refractivity contribution is -0.862. The van der Waals surface area contributed by atoms with Crippen molar-refractivity contribution >= 4 is 29.1 Å². The largest absolute Gasteiger partial charge is 0.495 e. The van der Waals surface area contributed by atoms with E-state index in [9.17, 15) is 9.59 Å². The van der Waals surface area contributed by atoms with E-state index in [1.165, 1.54) is 7.11 Å². The Hall–Kier alpha value is -2.57. The van der Waals surface area contributed by atoms with Gasteiger partial charge in [0.2, 0.25) is 0 Å². The van der Waals surface area contributed by atoms with Crippen LogP contribution in [0.4, 0.5) is 5.69 Å². The zero-order valence-electron chi connectivity index (χ0n) is 16.7. The van der Waals surface area contributed by atoms with E-state index >= 15 is 0 Å². The Morgan fingerprint density at radius 2 is 1.86 bits per heavy atom. The molecule has 2 aromatic rings. The van der Waals surface area contributed by atoms with E-state index in [0.717, 1.165) is 10.5 Å². The molecule has 6 nitrogen and oxygen atoms in total. The number of ether oxygens (including phenoxy) is 1. The van der Waals surface area contributed by atoms with Gasteiger partial charge in [-0.3, -0.25) is 9.59 Å². The number of likely N-dealkylation sites (N-methyl/N-ethyl adjacent to an activating group) is 2. The van der Waals surface area contributed by atoms with Crippen LogP contribution in [0.25, 0.3) is 0 Å². The Bertz CT molecular complexity index is 814. The molecule has 0 spiro atoms. The van der Waals surface area contributed by atoms with Crippen molar-refractivity contribution in [2.24, 2.45) is 0 Å². The zero-order valence-corrected chi connectivity index (χ0v) is 17.4. The molecule has 0 saturated carbocycles. The molecule has 0 fully saturated rings. The SMILES string of the molecule is COc1ccc(Cl)cc1NC(=O)C[NH+](C)CC(=O)N(C)[C@H](C)c1ccccc1. The van der Waals surface area contributed by atoms with Gasteiger partial charge in [-0.15, -0.1) is 0 Å². The van der Waals surface area contributed by atoms with Crippen molar-refractivity contribution in [3.8, 4) is 5.75 Å². The fraction of sp³-hybridized carbons (Fsp3) is 0.333. The Kier molecular flexibility index (Phi) is 7.84. The second kappa shape index (κ2) is 10.1. The summed E-state index contributed by atoms with van der Waals surface area (Å²) in [5.41, 5.74) is 1.58. The number of hydrogen-bond donors (Lipinski definition) is 2. The maximum absolute atomic E-state index is 12.6. The number of nitrogens with zero attached hydrogens (tertiary/aromatic N) is 1. The Morgan fingerprint density at radius 1 is 1.18 bits per heavy atom. The Labute approximate surface area is 171 Å². The van der Waals surface area contributed by atoms with Crippen LogP contribution in [-0.2, 0) is 9.59 Å². The number of halogens is 1. The minimum absolute atomic E-state index is 0.0259. The summed E-state index contributed by atoms with van der Waals surface area (Å²) in [6, 6.07) is 14.8. The van der Waals surface area contributed by atoms with Crippen molar-refractivity contribution in [1.82, 2.24) is 4.90 Å². The highest BCUT2D eigenvalue weighted by Gasteiger charge is 2.22. The lowest BCUT2D eigenvalue weighted by Gasteiger charge is -2.26. The monoisotopic (exact) mass is 404 g/mol. The number of hydrogen-bond acceptors (Lipinski definition) is 3. The number of carbonyl (C=O) groups excluding carboxylic acids is 2. The second-order valence-corrected chi connectivity index (χ2v) is 7.23. The average molecular weight is 405 g/mol. The maximum atomic E-state index is 12.6. The number of anilines is 1.